The summed E-state index contributed by atoms with van der Waals surface area (Å²) >= 11 is 0. The maximum absolute atomic E-state index is 12.5. The van der Waals surface area contributed by atoms with E-state index in [-0.39, 0.29) is 18.0 Å². The molecule has 0 fully saturated rings. The Labute approximate surface area is 176 Å². The number of ketones is 1. The van der Waals surface area contributed by atoms with Crippen LogP contribution in [0.25, 0.3) is 6.08 Å². The quantitative estimate of drug-likeness (QED) is 0.518. The van der Waals surface area contributed by atoms with E-state index >= 15 is 0 Å². The number of hydrogen-bond donors (Lipinski definition) is 1. The van der Waals surface area contributed by atoms with Gasteiger partial charge in [0.15, 0.2) is 28.8 Å². The lowest BCUT2D eigenvalue weighted by molar-refractivity contribution is -0.113. The lowest BCUT2D eigenvalue weighted by Crippen LogP contribution is -2.05. The fourth-order valence-electron chi connectivity index (χ4n) is 3.01. The lowest BCUT2D eigenvalue weighted by Gasteiger charge is -2.12. The van der Waals surface area contributed by atoms with Crippen molar-refractivity contribution in [3.63, 3.8) is 0 Å². The summed E-state index contributed by atoms with van der Waals surface area (Å²) < 4.78 is 16.2. The summed E-state index contributed by atoms with van der Waals surface area (Å²) in [5.41, 5.74) is 2.56. The highest BCUT2D eigenvalue weighted by Crippen LogP contribution is 2.28. The number of carbonyl (C=O) groups is 1. The predicted octanol–water partition coefficient (Wildman–Crippen LogP) is 4.81. The predicted molar refractivity (Wildman–Crippen MR) is 116 cm³/mol. The summed E-state index contributed by atoms with van der Waals surface area (Å²) in [6.07, 6.45) is 3.44. The van der Waals surface area contributed by atoms with Crippen LogP contribution in [0.5, 0.6) is 23.0 Å². The number of phenolic OH excluding ortho intramolecular Hbond substituents is 1. The Bertz CT molecular complexity index is 1040. The summed E-state index contributed by atoms with van der Waals surface area (Å²) in [5.74, 6) is 1.69. The second-order valence-electron chi connectivity index (χ2n) is 6.62. The number of aromatic hydroxyl groups is 1. The van der Waals surface area contributed by atoms with Crippen molar-refractivity contribution >= 4 is 11.9 Å². The fraction of sp³-hybridized carbons (Fsp3) is 0.160. The van der Waals surface area contributed by atoms with Crippen molar-refractivity contribution in [1.82, 2.24) is 0 Å². The molecule has 0 radical (unpaired) electrons. The van der Waals surface area contributed by atoms with E-state index in [0.29, 0.717) is 23.9 Å². The minimum atomic E-state index is -0.0463. The molecule has 5 heteroatoms. The number of para-hydroxylation sites is 2. The van der Waals surface area contributed by atoms with Gasteiger partial charge < -0.3 is 19.3 Å². The van der Waals surface area contributed by atoms with Gasteiger partial charge in [-0.25, -0.2) is 0 Å². The smallest absolute Gasteiger partial charge is 0.161 e. The lowest BCUT2D eigenvalue weighted by atomic mass is 10.0. The molecule has 0 aliphatic heterocycles. The maximum atomic E-state index is 12.5. The van der Waals surface area contributed by atoms with Crippen LogP contribution in [0.2, 0.25) is 0 Å². The molecule has 0 aliphatic carbocycles. The molecule has 3 aromatic carbocycles. The average molecular weight is 404 g/mol. The number of ether oxygens (including phenoxy) is 3. The molecule has 0 heterocycles. The first-order valence-electron chi connectivity index (χ1n) is 9.51. The van der Waals surface area contributed by atoms with E-state index in [1.807, 2.05) is 48.5 Å². The van der Waals surface area contributed by atoms with Gasteiger partial charge in [0.25, 0.3) is 0 Å². The molecular formula is C25H24O5. The number of methoxy groups -OCH3 is 2. The van der Waals surface area contributed by atoms with Crippen LogP contribution >= 0.6 is 0 Å². The first-order chi connectivity index (χ1) is 14.6. The molecule has 0 atom stereocenters. The van der Waals surface area contributed by atoms with Crippen molar-refractivity contribution in [1.29, 1.82) is 0 Å². The standard InChI is InChI=1S/C25H24O5/c1-28-23-14-12-18(15-22(23)27)11-13-21(26)16-19-7-3-4-8-20(19)17-30-25-10-6-5-9-24(25)29-2/h3-15,27H,16-17H2,1-2H3/b13-11+. The molecule has 30 heavy (non-hydrogen) atoms. The van der Waals surface area contributed by atoms with E-state index < -0.39 is 0 Å². The van der Waals surface area contributed by atoms with E-state index in [9.17, 15) is 9.90 Å². The van der Waals surface area contributed by atoms with Gasteiger partial charge in [0.05, 0.1) is 14.2 Å². The van der Waals surface area contributed by atoms with Crippen molar-refractivity contribution in [3.8, 4) is 23.0 Å². The van der Waals surface area contributed by atoms with Crippen LogP contribution in [0.1, 0.15) is 16.7 Å². The second kappa shape index (κ2) is 10.2. The van der Waals surface area contributed by atoms with Crippen molar-refractivity contribution in [2.45, 2.75) is 13.0 Å². The SMILES string of the molecule is COc1ccc(/C=C/C(=O)Cc2ccccc2COc2ccccc2OC)cc1O. The summed E-state index contributed by atoms with van der Waals surface area (Å²) in [6.45, 7) is 0.333. The molecular weight excluding hydrogens is 380 g/mol. The summed E-state index contributed by atoms with van der Waals surface area (Å²) in [4.78, 5) is 12.5. The molecule has 3 rings (SSSR count). The average Bonchev–Trinajstić information content (AvgIpc) is 2.77. The Kier molecular flexibility index (Phi) is 7.11. The molecule has 0 unspecified atom stereocenters. The fourth-order valence-corrected chi connectivity index (χ4v) is 3.01. The number of benzene rings is 3. The minimum Gasteiger partial charge on any atom is -0.504 e. The van der Waals surface area contributed by atoms with Crippen molar-refractivity contribution in [3.05, 3.63) is 89.5 Å². The van der Waals surface area contributed by atoms with Gasteiger partial charge in [0.2, 0.25) is 0 Å². The van der Waals surface area contributed by atoms with Gasteiger partial charge >= 0.3 is 0 Å². The van der Waals surface area contributed by atoms with Gasteiger partial charge in [-0.3, -0.25) is 4.79 Å². The second-order valence-corrected chi connectivity index (χ2v) is 6.62. The number of hydrogen-bond acceptors (Lipinski definition) is 5. The molecule has 0 amide bonds. The van der Waals surface area contributed by atoms with Gasteiger partial charge in [-0.2, -0.15) is 0 Å². The monoisotopic (exact) mass is 404 g/mol. The van der Waals surface area contributed by atoms with Gasteiger partial charge in [0, 0.05) is 6.42 Å². The van der Waals surface area contributed by atoms with Crippen LogP contribution < -0.4 is 14.2 Å². The zero-order valence-electron chi connectivity index (χ0n) is 17.0. The highest BCUT2D eigenvalue weighted by Gasteiger charge is 2.09. The minimum absolute atomic E-state index is 0.0333. The highest BCUT2D eigenvalue weighted by atomic mass is 16.5. The molecule has 0 bridgehead atoms. The molecule has 0 saturated carbocycles. The van der Waals surface area contributed by atoms with Crippen LogP contribution in [0.3, 0.4) is 0 Å². The first-order valence-corrected chi connectivity index (χ1v) is 9.51. The van der Waals surface area contributed by atoms with Crippen LogP contribution in [0.15, 0.2) is 72.8 Å². The van der Waals surface area contributed by atoms with E-state index in [0.717, 1.165) is 16.7 Å². The number of carbonyl (C=O) groups excluding carboxylic acids is 1. The van der Waals surface area contributed by atoms with Crippen LogP contribution in [-0.4, -0.2) is 25.1 Å². The Morgan fingerprint density at radius 2 is 1.53 bits per heavy atom. The Balaban J connectivity index is 1.66. The van der Waals surface area contributed by atoms with Crippen molar-refractivity contribution in [2.24, 2.45) is 0 Å². The van der Waals surface area contributed by atoms with Crippen molar-refractivity contribution < 1.29 is 24.1 Å². The first kappa shape index (κ1) is 21.0. The summed E-state index contributed by atoms with van der Waals surface area (Å²) in [7, 11) is 3.09. The van der Waals surface area contributed by atoms with Crippen LogP contribution in [0, 0.1) is 0 Å². The topological polar surface area (TPSA) is 65.0 Å². The zero-order valence-corrected chi connectivity index (χ0v) is 17.0. The number of allylic oxidation sites excluding steroid dienone is 1. The summed E-state index contributed by atoms with van der Waals surface area (Å²) in [6, 6.07) is 20.1. The molecule has 0 saturated heterocycles. The van der Waals surface area contributed by atoms with Crippen LogP contribution in [-0.2, 0) is 17.8 Å². The largest absolute Gasteiger partial charge is 0.504 e. The van der Waals surface area contributed by atoms with E-state index in [4.69, 9.17) is 14.2 Å². The van der Waals surface area contributed by atoms with Gasteiger partial charge in [-0.05, 0) is 47.0 Å². The Morgan fingerprint density at radius 3 is 2.23 bits per heavy atom. The molecule has 3 aromatic rings. The number of phenols is 1. The Hall–Kier alpha value is -3.73. The van der Waals surface area contributed by atoms with Gasteiger partial charge in [-0.1, -0.05) is 48.5 Å². The molecule has 154 valence electrons. The molecule has 1 N–H and O–H groups in total. The zero-order chi connectivity index (χ0) is 21.3. The van der Waals surface area contributed by atoms with Gasteiger partial charge in [-0.15, -0.1) is 0 Å². The third-order valence-electron chi connectivity index (χ3n) is 4.60. The van der Waals surface area contributed by atoms with E-state index in [2.05, 4.69) is 0 Å². The summed E-state index contributed by atoms with van der Waals surface area (Å²) in [5, 5.41) is 9.85. The van der Waals surface area contributed by atoms with E-state index in [1.165, 1.54) is 13.2 Å². The molecule has 5 nitrogen and oxygen atoms in total. The van der Waals surface area contributed by atoms with E-state index in [1.54, 1.807) is 31.4 Å². The number of rotatable bonds is 9. The highest BCUT2D eigenvalue weighted by molar-refractivity contribution is 5.95. The van der Waals surface area contributed by atoms with Crippen LogP contribution in [0.4, 0.5) is 0 Å². The Morgan fingerprint density at radius 1 is 0.867 bits per heavy atom. The molecule has 0 aliphatic rings. The van der Waals surface area contributed by atoms with Crippen molar-refractivity contribution in [2.75, 3.05) is 14.2 Å². The van der Waals surface area contributed by atoms with Gasteiger partial charge in [0.1, 0.15) is 6.61 Å². The third-order valence-corrected chi connectivity index (χ3v) is 4.60. The molecule has 0 aromatic heterocycles. The normalized spacial score (nSPS) is 10.7. The maximum Gasteiger partial charge on any atom is 0.161 e. The third kappa shape index (κ3) is 5.41. The molecule has 0 spiro atoms.